The van der Waals surface area contributed by atoms with Crippen LogP contribution < -0.4 is 5.32 Å². The van der Waals surface area contributed by atoms with E-state index in [2.05, 4.69) is 33.0 Å². The molecule has 1 aliphatic heterocycles. The Hall–Kier alpha value is -0.180. The number of nitrogens with one attached hydrogen (secondary N) is 1. The van der Waals surface area contributed by atoms with Gasteiger partial charge in [-0.25, -0.2) is 0 Å². The predicted molar refractivity (Wildman–Crippen MR) is 84.8 cm³/mol. The highest BCUT2D eigenvalue weighted by Gasteiger charge is 2.64. The maximum absolute atomic E-state index is 4.89. The van der Waals surface area contributed by atoms with E-state index in [0.717, 1.165) is 12.5 Å². The van der Waals surface area contributed by atoms with E-state index in [-0.39, 0.29) is 0 Å². The first-order valence-electron chi connectivity index (χ1n) is 7.83. The van der Waals surface area contributed by atoms with Crippen LogP contribution in [0.15, 0.2) is 4.99 Å². The SMILES string of the molecule is CC1(C)C(CN=C2NC3(CCCCC3)CS2)C1(C)C. The number of hydrogen-bond acceptors (Lipinski definition) is 2. The molecule has 3 rings (SSSR count). The Morgan fingerprint density at radius 2 is 1.74 bits per heavy atom. The van der Waals surface area contributed by atoms with Crippen LogP contribution in [0, 0.1) is 16.7 Å². The van der Waals surface area contributed by atoms with Gasteiger partial charge in [-0.3, -0.25) is 4.99 Å². The summed E-state index contributed by atoms with van der Waals surface area (Å²) in [6, 6.07) is 0. The van der Waals surface area contributed by atoms with E-state index in [1.54, 1.807) is 0 Å². The van der Waals surface area contributed by atoms with Crippen LogP contribution in [-0.2, 0) is 0 Å². The third kappa shape index (κ3) is 2.22. The van der Waals surface area contributed by atoms with Gasteiger partial charge in [-0.15, -0.1) is 0 Å². The molecule has 108 valence electrons. The zero-order valence-electron chi connectivity index (χ0n) is 12.9. The van der Waals surface area contributed by atoms with Crippen molar-refractivity contribution in [1.82, 2.24) is 5.32 Å². The van der Waals surface area contributed by atoms with Gasteiger partial charge in [-0.1, -0.05) is 58.7 Å². The van der Waals surface area contributed by atoms with Crippen molar-refractivity contribution in [3.05, 3.63) is 0 Å². The Labute approximate surface area is 122 Å². The molecule has 19 heavy (non-hydrogen) atoms. The van der Waals surface area contributed by atoms with Gasteiger partial charge in [0.25, 0.3) is 0 Å². The molecular formula is C16H28N2S. The number of thioether (sulfide) groups is 1. The van der Waals surface area contributed by atoms with Crippen molar-refractivity contribution >= 4 is 16.9 Å². The van der Waals surface area contributed by atoms with Crippen molar-refractivity contribution in [3.63, 3.8) is 0 Å². The summed E-state index contributed by atoms with van der Waals surface area (Å²) < 4.78 is 0. The minimum atomic E-state index is 0.399. The molecule has 3 fully saturated rings. The van der Waals surface area contributed by atoms with Gasteiger partial charge in [0.2, 0.25) is 0 Å². The molecule has 2 nitrogen and oxygen atoms in total. The number of aliphatic imine (C=N–C) groups is 1. The fourth-order valence-corrected chi connectivity index (χ4v) is 5.28. The normalized spacial score (nSPS) is 33.6. The quantitative estimate of drug-likeness (QED) is 0.825. The Kier molecular flexibility index (Phi) is 3.20. The highest BCUT2D eigenvalue weighted by atomic mass is 32.2. The lowest BCUT2D eigenvalue weighted by atomic mass is 9.83. The monoisotopic (exact) mass is 280 g/mol. The first kappa shape index (κ1) is 13.8. The fourth-order valence-electron chi connectivity index (χ4n) is 4.05. The third-order valence-corrected chi connectivity index (χ3v) is 7.61. The average molecular weight is 280 g/mol. The van der Waals surface area contributed by atoms with Crippen LogP contribution in [0.25, 0.3) is 0 Å². The molecule has 0 bridgehead atoms. The highest BCUT2D eigenvalue weighted by molar-refractivity contribution is 8.14. The third-order valence-electron chi connectivity index (χ3n) is 6.41. The molecule has 0 aromatic heterocycles. The second-order valence-corrected chi connectivity index (χ2v) is 8.86. The van der Waals surface area contributed by atoms with Crippen molar-refractivity contribution in [1.29, 1.82) is 0 Å². The second kappa shape index (κ2) is 4.41. The Morgan fingerprint density at radius 1 is 1.11 bits per heavy atom. The molecule has 0 aromatic rings. The molecule has 2 saturated carbocycles. The molecular weight excluding hydrogens is 252 g/mol. The molecule has 0 unspecified atom stereocenters. The van der Waals surface area contributed by atoms with Gasteiger partial charge in [0, 0.05) is 17.8 Å². The maximum atomic E-state index is 4.89. The molecule has 1 saturated heterocycles. The van der Waals surface area contributed by atoms with E-state index in [1.807, 2.05) is 11.8 Å². The Bertz CT molecular complexity index is 378. The molecule has 0 amide bonds. The summed E-state index contributed by atoms with van der Waals surface area (Å²) in [5.74, 6) is 1.99. The molecule has 1 heterocycles. The number of rotatable bonds is 2. The lowest BCUT2D eigenvalue weighted by Gasteiger charge is -2.32. The van der Waals surface area contributed by atoms with Crippen LogP contribution in [-0.4, -0.2) is 23.0 Å². The number of hydrogen-bond donors (Lipinski definition) is 1. The molecule has 3 heteroatoms. The minimum absolute atomic E-state index is 0.399. The van der Waals surface area contributed by atoms with E-state index in [1.165, 1.54) is 43.0 Å². The van der Waals surface area contributed by atoms with Crippen LogP contribution >= 0.6 is 11.8 Å². The topological polar surface area (TPSA) is 24.4 Å². The van der Waals surface area contributed by atoms with E-state index < -0.39 is 0 Å². The van der Waals surface area contributed by atoms with Gasteiger partial charge >= 0.3 is 0 Å². The van der Waals surface area contributed by atoms with E-state index in [4.69, 9.17) is 4.99 Å². The summed E-state index contributed by atoms with van der Waals surface area (Å²) in [4.78, 5) is 4.89. The summed E-state index contributed by atoms with van der Waals surface area (Å²) in [6.07, 6.45) is 6.90. The maximum Gasteiger partial charge on any atom is 0.157 e. The number of amidine groups is 1. The van der Waals surface area contributed by atoms with E-state index >= 15 is 0 Å². The van der Waals surface area contributed by atoms with Gasteiger partial charge in [0.1, 0.15) is 0 Å². The van der Waals surface area contributed by atoms with Gasteiger partial charge in [0.15, 0.2) is 5.17 Å². The number of nitrogens with zero attached hydrogens (tertiary/aromatic N) is 1. The largest absolute Gasteiger partial charge is 0.359 e. The van der Waals surface area contributed by atoms with E-state index in [9.17, 15) is 0 Å². The van der Waals surface area contributed by atoms with Gasteiger partial charge < -0.3 is 5.32 Å². The standard InChI is InChI=1S/C16H28N2S/c1-14(2)12(15(14,3)4)10-17-13-18-16(11-19-13)8-6-5-7-9-16/h12H,5-11H2,1-4H3,(H,17,18). The smallest absolute Gasteiger partial charge is 0.157 e. The summed E-state index contributed by atoms with van der Waals surface area (Å²) >= 11 is 1.96. The van der Waals surface area contributed by atoms with Crippen LogP contribution in [0.4, 0.5) is 0 Å². The van der Waals surface area contributed by atoms with Gasteiger partial charge in [-0.2, -0.15) is 0 Å². The van der Waals surface area contributed by atoms with Gasteiger partial charge in [-0.05, 0) is 29.6 Å². The first-order chi connectivity index (χ1) is 8.87. The summed E-state index contributed by atoms with van der Waals surface area (Å²) in [5.41, 5.74) is 1.32. The second-order valence-electron chi connectivity index (χ2n) is 7.90. The predicted octanol–water partition coefficient (Wildman–Crippen LogP) is 4.06. The van der Waals surface area contributed by atoms with Gasteiger partial charge in [0.05, 0.1) is 0 Å². The molecule has 1 spiro atoms. The Balaban J connectivity index is 1.58. The zero-order chi connectivity index (χ0) is 13.7. The summed E-state index contributed by atoms with van der Waals surface area (Å²) in [7, 11) is 0. The molecule has 1 N–H and O–H groups in total. The van der Waals surface area contributed by atoms with Crippen LogP contribution in [0.5, 0.6) is 0 Å². The zero-order valence-corrected chi connectivity index (χ0v) is 13.7. The van der Waals surface area contributed by atoms with Crippen molar-refractivity contribution in [3.8, 4) is 0 Å². The lowest BCUT2D eigenvalue weighted by Crippen LogP contribution is -2.45. The van der Waals surface area contributed by atoms with E-state index in [0.29, 0.717) is 16.4 Å². The average Bonchev–Trinajstić information content (AvgIpc) is 2.64. The highest BCUT2D eigenvalue weighted by Crippen LogP contribution is 2.68. The minimum Gasteiger partial charge on any atom is -0.359 e. The molecule has 0 aromatic carbocycles. The molecule has 0 atom stereocenters. The molecule has 3 aliphatic rings. The van der Waals surface area contributed by atoms with Crippen molar-refractivity contribution < 1.29 is 0 Å². The first-order valence-corrected chi connectivity index (χ1v) is 8.81. The molecule has 0 radical (unpaired) electrons. The van der Waals surface area contributed by atoms with Crippen molar-refractivity contribution in [2.75, 3.05) is 12.3 Å². The van der Waals surface area contributed by atoms with Crippen molar-refractivity contribution in [2.45, 2.75) is 65.3 Å². The van der Waals surface area contributed by atoms with Crippen molar-refractivity contribution in [2.24, 2.45) is 21.7 Å². The van der Waals surface area contributed by atoms with Crippen LogP contribution in [0.1, 0.15) is 59.8 Å². The fraction of sp³-hybridized carbons (Fsp3) is 0.938. The molecule has 2 aliphatic carbocycles. The summed E-state index contributed by atoms with van der Waals surface area (Å²) in [5, 5.41) is 4.98. The van der Waals surface area contributed by atoms with Crippen LogP contribution in [0.3, 0.4) is 0 Å². The van der Waals surface area contributed by atoms with Crippen LogP contribution in [0.2, 0.25) is 0 Å². The summed E-state index contributed by atoms with van der Waals surface area (Å²) in [6.45, 7) is 10.5. The lowest BCUT2D eigenvalue weighted by molar-refractivity contribution is 0.303. The Morgan fingerprint density at radius 3 is 2.32 bits per heavy atom.